The van der Waals surface area contributed by atoms with Gasteiger partial charge in [0.25, 0.3) is 0 Å². The molecule has 0 unspecified atom stereocenters. The predicted octanol–water partition coefficient (Wildman–Crippen LogP) is 1.07. The van der Waals surface area contributed by atoms with Crippen molar-refractivity contribution in [2.75, 3.05) is 5.32 Å². The first kappa shape index (κ1) is 15.1. The Morgan fingerprint density at radius 1 is 1.21 bits per heavy atom. The van der Waals surface area contributed by atoms with Crippen molar-refractivity contribution in [1.29, 1.82) is 0 Å². The van der Waals surface area contributed by atoms with Crippen LogP contribution in [-0.4, -0.2) is 32.5 Å². The average molecular weight is 267 g/mol. The fourth-order valence-corrected chi connectivity index (χ4v) is 2.16. The van der Waals surface area contributed by atoms with Crippen LogP contribution in [0.4, 0.5) is 5.95 Å². The first-order valence-corrected chi connectivity index (χ1v) is 6.08. The van der Waals surface area contributed by atoms with E-state index in [1.807, 2.05) is 13.8 Å². The number of rotatable bonds is 3. The van der Waals surface area contributed by atoms with Gasteiger partial charge in [-0.3, -0.25) is 14.9 Å². The third-order valence-corrected chi connectivity index (χ3v) is 2.28. The third-order valence-electron chi connectivity index (χ3n) is 2.28. The molecule has 0 fully saturated rings. The standard InChI is InChI=1S/C12H21N5O2/c1-11(2,3)6-12(4,5)16-9(19)8(18)15-10-13-7-14-17-10/h7H,6H2,1-5H3,(H,16,19)(H2,13,14,15,17,18). The van der Waals surface area contributed by atoms with Crippen molar-refractivity contribution in [3.05, 3.63) is 6.33 Å². The number of nitrogens with zero attached hydrogens (tertiary/aromatic N) is 2. The van der Waals surface area contributed by atoms with E-state index in [1.165, 1.54) is 6.33 Å². The average Bonchev–Trinajstić information content (AvgIpc) is 2.65. The fourth-order valence-electron chi connectivity index (χ4n) is 2.16. The summed E-state index contributed by atoms with van der Waals surface area (Å²) in [5.74, 6) is -1.31. The van der Waals surface area contributed by atoms with Crippen molar-refractivity contribution in [2.24, 2.45) is 5.41 Å². The summed E-state index contributed by atoms with van der Waals surface area (Å²) < 4.78 is 0. The molecule has 0 spiro atoms. The first-order chi connectivity index (χ1) is 8.59. The molecule has 7 heteroatoms. The molecule has 2 amide bonds. The van der Waals surface area contributed by atoms with E-state index in [2.05, 4.69) is 46.6 Å². The zero-order valence-electron chi connectivity index (χ0n) is 12.0. The minimum absolute atomic E-state index is 0.0538. The van der Waals surface area contributed by atoms with E-state index in [4.69, 9.17) is 0 Å². The maximum Gasteiger partial charge on any atom is 0.316 e. The van der Waals surface area contributed by atoms with Crippen LogP contribution in [0.3, 0.4) is 0 Å². The third kappa shape index (κ3) is 5.50. The van der Waals surface area contributed by atoms with E-state index >= 15 is 0 Å². The topological polar surface area (TPSA) is 99.8 Å². The first-order valence-electron chi connectivity index (χ1n) is 6.08. The largest absolute Gasteiger partial charge is 0.343 e. The molecule has 0 aliphatic rings. The molecule has 3 N–H and O–H groups in total. The Hall–Kier alpha value is -1.92. The molecule has 7 nitrogen and oxygen atoms in total. The van der Waals surface area contributed by atoms with Crippen molar-refractivity contribution in [2.45, 2.75) is 46.6 Å². The lowest BCUT2D eigenvalue weighted by Crippen LogP contribution is -2.49. The normalized spacial score (nSPS) is 12.1. The Morgan fingerprint density at radius 2 is 1.84 bits per heavy atom. The molecular weight excluding hydrogens is 246 g/mol. The second-order valence-electron chi connectivity index (χ2n) is 6.36. The van der Waals surface area contributed by atoms with Crippen LogP contribution in [0.5, 0.6) is 0 Å². The quantitative estimate of drug-likeness (QED) is 0.713. The molecule has 106 valence electrons. The van der Waals surface area contributed by atoms with E-state index in [0.29, 0.717) is 0 Å². The Kier molecular flexibility index (Phi) is 4.28. The molecule has 0 aromatic carbocycles. The van der Waals surface area contributed by atoms with E-state index in [0.717, 1.165) is 6.42 Å². The van der Waals surface area contributed by atoms with Gasteiger partial charge < -0.3 is 5.32 Å². The van der Waals surface area contributed by atoms with Crippen molar-refractivity contribution >= 4 is 17.8 Å². The van der Waals surface area contributed by atoms with Gasteiger partial charge in [0.2, 0.25) is 5.95 Å². The van der Waals surface area contributed by atoms with Crippen LogP contribution in [0.25, 0.3) is 0 Å². The second-order valence-corrected chi connectivity index (χ2v) is 6.36. The SMILES string of the molecule is CC(C)(C)CC(C)(C)NC(=O)C(=O)Nc1ncn[nH]1. The molecule has 0 aliphatic heterocycles. The Morgan fingerprint density at radius 3 is 2.32 bits per heavy atom. The molecule has 0 atom stereocenters. The highest BCUT2D eigenvalue weighted by Gasteiger charge is 2.29. The molecule has 0 aliphatic carbocycles. The van der Waals surface area contributed by atoms with E-state index in [-0.39, 0.29) is 11.4 Å². The van der Waals surface area contributed by atoms with Gasteiger partial charge >= 0.3 is 11.8 Å². The number of nitrogens with one attached hydrogen (secondary N) is 3. The second kappa shape index (κ2) is 5.38. The smallest absolute Gasteiger partial charge is 0.316 e. The number of anilines is 1. The van der Waals surface area contributed by atoms with Crippen molar-refractivity contribution in [3.63, 3.8) is 0 Å². The molecule has 0 radical (unpaired) electrons. The van der Waals surface area contributed by atoms with Crippen LogP contribution >= 0.6 is 0 Å². The zero-order chi connectivity index (χ0) is 14.7. The Labute approximate surface area is 112 Å². The molecule has 1 rings (SSSR count). The minimum atomic E-state index is -0.765. The van der Waals surface area contributed by atoms with Crippen LogP contribution in [0.15, 0.2) is 6.33 Å². The van der Waals surface area contributed by atoms with Gasteiger partial charge in [-0.2, -0.15) is 10.1 Å². The Bertz CT molecular complexity index is 445. The molecule has 0 saturated heterocycles. The van der Waals surface area contributed by atoms with Gasteiger partial charge in [0, 0.05) is 5.54 Å². The number of amides is 2. The lowest BCUT2D eigenvalue weighted by molar-refractivity contribution is -0.137. The highest BCUT2D eigenvalue weighted by atomic mass is 16.2. The van der Waals surface area contributed by atoms with Crippen molar-refractivity contribution in [3.8, 4) is 0 Å². The number of carbonyl (C=O) groups is 2. The molecule has 19 heavy (non-hydrogen) atoms. The van der Waals surface area contributed by atoms with Gasteiger partial charge in [0.15, 0.2) is 0 Å². The Balaban J connectivity index is 2.56. The molecular formula is C12H21N5O2. The number of aromatic amines is 1. The summed E-state index contributed by atoms with van der Waals surface area (Å²) in [6, 6.07) is 0. The van der Waals surface area contributed by atoms with Crippen LogP contribution in [-0.2, 0) is 9.59 Å². The summed E-state index contributed by atoms with van der Waals surface area (Å²) in [5.41, 5.74) is -0.410. The lowest BCUT2D eigenvalue weighted by atomic mass is 9.82. The maximum absolute atomic E-state index is 11.8. The summed E-state index contributed by atoms with van der Waals surface area (Å²) in [6.45, 7) is 10.0. The van der Waals surface area contributed by atoms with E-state index < -0.39 is 17.4 Å². The van der Waals surface area contributed by atoms with Crippen molar-refractivity contribution < 1.29 is 9.59 Å². The monoisotopic (exact) mass is 267 g/mol. The highest BCUT2D eigenvalue weighted by Crippen LogP contribution is 2.26. The van der Waals surface area contributed by atoms with Crippen LogP contribution in [0.1, 0.15) is 41.0 Å². The van der Waals surface area contributed by atoms with Gasteiger partial charge in [-0.25, -0.2) is 5.10 Å². The molecule has 1 heterocycles. The molecule has 0 saturated carbocycles. The molecule has 1 aromatic rings. The lowest BCUT2D eigenvalue weighted by Gasteiger charge is -2.32. The number of H-pyrrole nitrogens is 1. The summed E-state index contributed by atoms with van der Waals surface area (Å²) in [6.07, 6.45) is 2.00. The number of carbonyl (C=O) groups excluding carboxylic acids is 2. The predicted molar refractivity (Wildman–Crippen MR) is 71.3 cm³/mol. The highest BCUT2D eigenvalue weighted by molar-refractivity contribution is 6.39. The van der Waals surface area contributed by atoms with Gasteiger partial charge in [0.1, 0.15) is 6.33 Å². The van der Waals surface area contributed by atoms with Gasteiger partial charge in [0.05, 0.1) is 0 Å². The van der Waals surface area contributed by atoms with E-state index in [1.54, 1.807) is 0 Å². The molecule has 0 bridgehead atoms. The number of hydrogen-bond donors (Lipinski definition) is 3. The van der Waals surface area contributed by atoms with E-state index in [9.17, 15) is 9.59 Å². The van der Waals surface area contributed by atoms with Crippen molar-refractivity contribution in [1.82, 2.24) is 20.5 Å². The van der Waals surface area contributed by atoms with Crippen LogP contribution in [0, 0.1) is 5.41 Å². The van der Waals surface area contributed by atoms with Gasteiger partial charge in [-0.1, -0.05) is 20.8 Å². The van der Waals surface area contributed by atoms with Gasteiger partial charge in [-0.05, 0) is 25.7 Å². The number of hydrogen-bond acceptors (Lipinski definition) is 4. The minimum Gasteiger partial charge on any atom is -0.343 e. The van der Waals surface area contributed by atoms with Gasteiger partial charge in [-0.15, -0.1) is 0 Å². The van der Waals surface area contributed by atoms with Crippen LogP contribution in [0.2, 0.25) is 0 Å². The molecule has 1 aromatic heterocycles. The fraction of sp³-hybridized carbons (Fsp3) is 0.667. The maximum atomic E-state index is 11.8. The zero-order valence-corrected chi connectivity index (χ0v) is 12.0. The summed E-state index contributed by atoms with van der Waals surface area (Å²) in [4.78, 5) is 27.1. The summed E-state index contributed by atoms with van der Waals surface area (Å²) in [5, 5.41) is 11.1. The summed E-state index contributed by atoms with van der Waals surface area (Å²) >= 11 is 0. The van der Waals surface area contributed by atoms with Crippen LogP contribution < -0.4 is 10.6 Å². The number of aromatic nitrogens is 3. The summed E-state index contributed by atoms with van der Waals surface area (Å²) in [7, 11) is 0.